The molecule has 1 N–H and O–H groups in total. The summed E-state index contributed by atoms with van der Waals surface area (Å²) in [5.74, 6) is 0. The number of benzene rings is 2. The molecule has 0 saturated carbocycles. The molecule has 0 aromatic heterocycles. The predicted molar refractivity (Wildman–Crippen MR) is 65.1 cm³/mol. The maximum absolute atomic E-state index is 10.3. The summed E-state index contributed by atoms with van der Waals surface area (Å²) in [4.78, 5) is 0. The van der Waals surface area contributed by atoms with Crippen LogP contribution in [-0.2, 0) is 0 Å². The average Bonchev–Trinajstić information content (AvgIpc) is 2.30. The van der Waals surface area contributed by atoms with Crippen LogP contribution in [0.25, 0.3) is 0 Å². The summed E-state index contributed by atoms with van der Waals surface area (Å²) in [6.45, 7) is 0. The minimum absolute atomic E-state index is 0.371. The van der Waals surface area contributed by atoms with Crippen molar-refractivity contribution >= 4 is 47.0 Å². The van der Waals surface area contributed by atoms with Crippen LogP contribution in [0.2, 0.25) is 0 Å². The molecule has 1 radical (unpaired) electrons. The molecular weight excluding hydrogens is 318 g/mol. The van der Waals surface area contributed by atoms with Crippen molar-refractivity contribution in [2.45, 2.75) is 0 Å². The quantitative estimate of drug-likeness (QED) is 0.600. The zero-order valence-corrected chi connectivity index (χ0v) is 11.3. The fourth-order valence-corrected chi connectivity index (χ4v) is 8.53. The summed E-state index contributed by atoms with van der Waals surface area (Å²) in [5, 5.41) is 0. The molecule has 75 valence electrons. The van der Waals surface area contributed by atoms with Gasteiger partial charge in [0.05, 0.1) is 0 Å². The molecule has 3 heteroatoms. The second-order valence-electron chi connectivity index (χ2n) is 3.28. The summed E-state index contributed by atoms with van der Waals surface area (Å²) >= 11 is -1.36. The van der Waals surface area contributed by atoms with Gasteiger partial charge in [0.1, 0.15) is 0 Å². The van der Waals surface area contributed by atoms with Crippen molar-refractivity contribution in [1.82, 2.24) is 0 Å². The first kappa shape index (κ1) is 9.65. The molecule has 1 aliphatic heterocycles. The third-order valence-electron chi connectivity index (χ3n) is 2.33. The summed E-state index contributed by atoms with van der Waals surface area (Å²) < 4.78 is 15.5. The molecule has 0 atom stereocenters. The van der Waals surface area contributed by atoms with Gasteiger partial charge in [0.15, 0.2) is 0 Å². The van der Waals surface area contributed by atoms with Gasteiger partial charge in [-0.25, -0.2) is 0 Å². The summed E-state index contributed by atoms with van der Waals surface area (Å²) in [7, 11) is 0. The van der Waals surface area contributed by atoms with E-state index < -0.39 is 14.2 Å². The molecule has 2 aromatic carbocycles. The van der Waals surface area contributed by atoms with E-state index in [1.165, 1.54) is 17.8 Å². The minimum atomic E-state index is -1.73. The van der Waals surface area contributed by atoms with E-state index in [0.717, 1.165) is 0 Å². The molecule has 0 bridgehead atoms. The van der Waals surface area contributed by atoms with Gasteiger partial charge in [0.2, 0.25) is 0 Å². The zero-order valence-electron chi connectivity index (χ0n) is 7.88. The van der Waals surface area contributed by atoms with E-state index in [0.29, 0.717) is 15.0 Å². The zero-order chi connectivity index (χ0) is 10.3. The van der Waals surface area contributed by atoms with Gasteiger partial charge in [-0.05, 0) is 0 Å². The van der Waals surface area contributed by atoms with Crippen LogP contribution in [-0.4, -0.2) is 33.4 Å². The average molecular weight is 327 g/mol. The van der Waals surface area contributed by atoms with Crippen molar-refractivity contribution in [3.05, 3.63) is 48.5 Å². The van der Waals surface area contributed by atoms with Crippen molar-refractivity contribution in [3.63, 3.8) is 0 Å². The van der Waals surface area contributed by atoms with Gasteiger partial charge in [-0.2, -0.15) is 0 Å². The Balaban J connectivity index is 2.20. The van der Waals surface area contributed by atoms with Gasteiger partial charge in [-0.1, -0.05) is 0 Å². The van der Waals surface area contributed by atoms with Gasteiger partial charge in [0, 0.05) is 0 Å². The third kappa shape index (κ3) is 1.57. The molecule has 1 nitrogen and oxygen atoms in total. The molecule has 0 fully saturated rings. The van der Waals surface area contributed by atoms with E-state index in [1.54, 1.807) is 0 Å². The van der Waals surface area contributed by atoms with Gasteiger partial charge in [0.25, 0.3) is 0 Å². The van der Waals surface area contributed by atoms with Crippen LogP contribution < -0.4 is 17.8 Å². The van der Waals surface area contributed by atoms with Crippen LogP contribution in [0.3, 0.4) is 0 Å². The second-order valence-corrected chi connectivity index (χ2v) is 8.59. The van der Waals surface area contributed by atoms with Gasteiger partial charge >= 0.3 is 99.8 Å². The summed E-state index contributed by atoms with van der Waals surface area (Å²) in [6.07, 6.45) is 0. The number of fused-ring (bicyclic) bond motifs is 2. The molecule has 0 saturated heterocycles. The van der Waals surface area contributed by atoms with Crippen molar-refractivity contribution < 1.29 is 4.19 Å². The van der Waals surface area contributed by atoms with Gasteiger partial charge in [-0.15, -0.1) is 0 Å². The Morgan fingerprint density at radius 2 is 1.27 bits per heavy atom. The van der Waals surface area contributed by atoms with E-state index in [9.17, 15) is 4.19 Å². The number of hydrogen-bond donors (Lipinski definition) is 1. The molecule has 0 unspecified atom stereocenters. The number of rotatable bonds is 0. The maximum atomic E-state index is 10.3. The molecular formula is C12H9OSe2. The van der Waals surface area contributed by atoms with Crippen LogP contribution in [0.4, 0.5) is 0 Å². The van der Waals surface area contributed by atoms with E-state index >= 15 is 0 Å². The van der Waals surface area contributed by atoms with Crippen LogP contribution in [0.15, 0.2) is 48.5 Å². The molecule has 0 amide bonds. The van der Waals surface area contributed by atoms with Crippen LogP contribution in [0, 0.1) is 0 Å². The van der Waals surface area contributed by atoms with Gasteiger partial charge in [-0.3, -0.25) is 0 Å². The molecule has 2 aromatic rings. The first-order valence-electron chi connectivity index (χ1n) is 4.65. The molecule has 0 spiro atoms. The summed E-state index contributed by atoms with van der Waals surface area (Å²) in [5.41, 5.74) is 0. The van der Waals surface area contributed by atoms with Crippen molar-refractivity contribution in [3.8, 4) is 0 Å². The van der Waals surface area contributed by atoms with Crippen LogP contribution in [0.1, 0.15) is 0 Å². The molecule has 1 heterocycles. The fourth-order valence-electron chi connectivity index (χ4n) is 1.63. The topological polar surface area (TPSA) is 20.2 Å². The van der Waals surface area contributed by atoms with E-state index in [2.05, 4.69) is 36.4 Å². The Morgan fingerprint density at radius 3 is 1.80 bits per heavy atom. The van der Waals surface area contributed by atoms with Crippen molar-refractivity contribution in [1.29, 1.82) is 0 Å². The SMILES string of the molecule is O[Se]1c2ccccc2[Se]c2ccccc21. The molecule has 0 aliphatic carbocycles. The standard InChI is InChI=1S/C12H9OSe2/c13-15-11-7-3-1-5-9(11)14-10-6-2-4-8-12(10)15/h1-8,13H. The Hall–Kier alpha value is -0.561. The Labute approximate surface area is 99.5 Å². The van der Waals surface area contributed by atoms with Crippen LogP contribution in [0.5, 0.6) is 0 Å². The first-order valence-corrected chi connectivity index (χ1v) is 8.85. The summed E-state index contributed by atoms with van der Waals surface area (Å²) in [6, 6.07) is 16.6. The molecule has 1 aliphatic rings. The van der Waals surface area contributed by atoms with Gasteiger partial charge < -0.3 is 0 Å². The molecule has 15 heavy (non-hydrogen) atoms. The number of hydrogen-bond acceptors (Lipinski definition) is 1. The van der Waals surface area contributed by atoms with E-state index in [4.69, 9.17) is 0 Å². The monoisotopic (exact) mass is 329 g/mol. The Bertz CT molecular complexity index is 465. The van der Waals surface area contributed by atoms with Crippen LogP contribution >= 0.6 is 0 Å². The van der Waals surface area contributed by atoms with Crippen molar-refractivity contribution in [2.24, 2.45) is 0 Å². The Kier molecular flexibility index (Phi) is 2.43. The van der Waals surface area contributed by atoms with Crippen molar-refractivity contribution in [2.75, 3.05) is 0 Å². The third-order valence-corrected chi connectivity index (χ3v) is 9.30. The predicted octanol–water partition coefficient (Wildman–Crippen LogP) is -1.25. The van der Waals surface area contributed by atoms with E-state index in [1.807, 2.05) is 12.1 Å². The normalized spacial score (nSPS) is 14.5. The van der Waals surface area contributed by atoms with E-state index in [-0.39, 0.29) is 0 Å². The first-order chi connectivity index (χ1) is 7.36. The molecule has 3 rings (SSSR count). The second kappa shape index (κ2) is 3.78. The Morgan fingerprint density at radius 1 is 0.800 bits per heavy atom. The fraction of sp³-hybridized carbons (Fsp3) is 0.